The molecule has 0 atom stereocenters. The Morgan fingerprint density at radius 3 is 1.96 bits per heavy atom. The monoisotopic (exact) mass is 336 g/mol. The van der Waals surface area contributed by atoms with Gasteiger partial charge in [-0.25, -0.2) is 0 Å². The molecule has 2 aromatic rings. The molecule has 1 fully saturated rings. The Labute approximate surface area is 151 Å². The van der Waals surface area contributed by atoms with E-state index < -0.39 is 0 Å². The molecule has 3 rings (SSSR count). The maximum Gasteiger partial charge on any atom is 0.164 e. The number of benzene rings is 2. The molecule has 0 amide bonds. The number of Topliss-reactive ketones (excluding diaryl/α,β-unsaturated/α-hetero) is 1. The van der Waals surface area contributed by atoms with Gasteiger partial charge in [-0.3, -0.25) is 4.79 Å². The van der Waals surface area contributed by atoms with Gasteiger partial charge in [0, 0.05) is 44.7 Å². The van der Waals surface area contributed by atoms with E-state index in [0.717, 1.165) is 44.7 Å². The van der Waals surface area contributed by atoms with Crippen molar-refractivity contribution < 1.29 is 4.79 Å². The predicted octanol–water partition coefficient (Wildman–Crippen LogP) is 3.51. The SMILES string of the molecule is O=C(CCN1CCN(CCCc2ccccc2)CC1)c1ccccc1. The van der Waals surface area contributed by atoms with E-state index in [1.165, 1.54) is 18.5 Å². The normalized spacial score (nSPS) is 16.0. The van der Waals surface area contributed by atoms with Crippen LogP contribution in [-0.2, 0) is 6.42 Å². The van der Waals surface area contributed by atoms with Gasteiger partial charge in [-0.05, 0) is 24.9 Å². The van der Waals surface area contributed by atoms with E-state index in [4.69, 9.17) is 0 Å². The molecule has 1 aliphatic rings. The summed E-state index contributed by atoms with van der Waals surface area (Å²) in [5.41, 5.74) is 2.27. The summed E-state index contributed by atoms with van der Waals surface area (Å²) in [4.78, 5) is 17.2. The summed E-state index contributed by atoms with van der Waals surface area (Å²) in [6.45, 7) is 6.45. The molecular formula is C22H28N2O. The summed E-state index contributed by atoms with van der Waals surface area (Å²) in [7, 11) is 0. The minimum absolute atomic E-state index is 0.255. The van der Waals surface area contributed by atoms with E-state index >= 15 is 0 Å². The van der Waals surface area contributed by atoms with Crippen LogP contribution in [0.25, 0.3) is 0 Å². The number of nitrogens with zero attached hydrogens (tertiary/aromatic N) is 2. The van der Waals surface area contributed by atoms with Crippen LogP contribution in [0.4, 0.5) is 0 Å². The number of ketones is 1. The van der Waals surface area contributed by atoms with Crippen molar-refractivity contribution in [2.24, 2.45) is 0 Å². The van der Waals surface area contributed by atoms with E-state index in [1.54, 1.807) is 0 Å². The van der Waals surface area contributed by atoms with Crippen LogP contribution in [-0.4, -0.2) is 54.9 Å². The minimum atomic E-state index is 0.255. The van der Waals surface area contributed by atoms with Crippen molar-refractivity contribution in [1.82, 2.24) is 9.80 Å². The summed E-state index contributed by atoms with van der Waals surface area (Å²) < 4.78 is 0. The highest BCUT2D eigenvalue weighted by Gasteiger charge is 2.17. The lowest BCUT2D eigenvalue weighted by Gasteiger charge is -2.34. The van der Waals surface area contributed by atoms with Crippen molar-refractivity contribution in [3.63, 3.8) is 0 Å². The van der Waals surface area contributed by atoms with Crippen LogP contribution in [0.1, 0.15) is 28.8 Å². The van der Waals surface area contributed by atoms with E-state index in [2.05, 4.69) is 40.1 Å². The van der Waals surface area contributed by atoms with Crippen molar-refractivity contribution in [3.05, 3.63) is 71.8 Å². The molecule has 25 heavy (non-hydrogen) atoms. The van der Waals surface area contributed by atoms with Crippen molar-refractivity contribution in [2.45, 2.75) is 19.3 Å². The molecule has 1 aliphatic heterocycles. The number of carbonyl (C=O) groups is 1. The molecule has 132 valence electrons. The molecule has 0 saturated carbocycles. The maximum atomic E-state index is 12.2. The van der Waals surface area contributed by atoms with Gasteiger partial charge in [0.1, 0.15) is 0 Å². The molecular weight excluding hydrogens is 308 g/mol. The number of piperazine rings is 1. The average Bonchev–Trinajstić information content (AvgIpc) is 2.68. The van der Waals surface area contributed by atoms with Crippen LogP contribution in [0.2, 0.25) is 0 Å². The average molecular weight is 336 g/mol. The van der Waals surface area contributed by atoms with Gasteiger partial charge >= 0.3 is 0 Å². The first-order valence-corrected chi connectivity index (χ1v) is 9.38. The van der Waals surface area contributed by atoms with Gasteiger partial charge in [-0.15, -0.1) is 0 Å². The number of hydrogen-bond acceptors (Lipinski definition) is 3. The smallest absolute Gasteiger partial charge is 0.164 e. The van der Waals surface area contributed by atoms with Crippen LogP contribution in [0.3, 0.4) is 0 Å². The van der Waals surface area contributed by atoms with Crippen LogP contribution in [0.5, 0.6) is 0 Å². The molecule has 1 saturated heterocycles. The zero-order chi connectivity index (χ0) is 17.3. The molecule has 1 heterocycles. The van der Waals surface area contributed by atoms with Crippen molar-refractivity contribution in [2.75, 3.05) is 39.3 Å². The Morgan fingerprint density at radius 2 is 1.32 bits per heavy atom. The maximum absolute atomic E-state index is 12.2. The largest absolute Gasteiger partial charge is 0.301 e. The minimum Gasteiger partial charge on any atom is -0.301 e. The quantitative estimate of drug-likeness (QED) is 0.689. The number of aryl methyl sites for hydroxylation is 1. The van der Waals surface area contributed by atoms with Gasteiger partial charge in [0.15, 0.2) is 5.78 Å². The molecule has 0 radical (unpaired) electrons. The summed E-state index contributed by atoms with van der Waals surface area (Å²) in [5, 5.41) is 0. The lowest BCUT2D eigenvalue weighted by molar-refractivity contribution is 0.0927. The molecule has 0 unspecified atom stereocenters. The van der Waals surface area contributed by atoms with Crippen LogP contribution < -0.4 is 0 Å². The molecule has 2 aromatic carbocycles. The lowest BCUT2D eigenvalue weighted by atomic mass is 10.1. The van der Waals surface area contributed by atoms with Crippen molar-refractivity contribution >= 4 is 5.78 Å². The summed E-state index contributed by atoms with van der Waals surface area (Å²) in [6.07, 6.45) is 3.00. The third-order valence-corrected chi connectivity index (χ3v) is 5.00. The molecule has 0 aromatic heterocycles. The molecule has 0 N–H and O–H groups in total. The summed E-state index contributed by atoms with van der Waals surface area (Å²) >= 11 is 0. The van der Waals surface area contributed by atoms with Gasteiger partial charge < -0.3 is 9.80 Å². The van der Waals surface area contributed by atoms with Crippen LogP contribution in [0.15, 0.2) is 60.7 Å². The standard InChI is InChI=1S/C22H28N2O/c25-22(21-11-5-2-6-12-21)13-15-24-18-16-23(17-19-24)14-7-10-20-8-3-1-4-9-20/h1-6,8-9,11-12H,7,10,13-19H2. The first kappa shape index (κ1) is 17.8. The van der Waals surface area contributed by atoms with Gasteiger partial charge in [-0.1, -0.05) is 60.7 Å². The highest BCUT2D eigenvalue weighted by atomic mass is 16.1. The Balaban J connectivity index is 1.31. The lowest BCUT2D eigenvalue weighted by Crippen LogP contribution is -2.47. The molecule has 0 aliphatic carbocycles. The third kappa shape index (κ3) is 5.80. The number of hydrogen-bond donors (Lipinski definition) is 0. The van der Waals surface area contributed by atoms with Gasteiger partial charge in [-0.2, -0.15) is 0 Å². The molecule has 3 nitrogen and oxygen atoms in total. The summed E-state index contributed by atoms with van der Waals surface area (Å²) in [5.74, 6) is 0.255. The highest BCUT2D eigenvalue weighted by molar-refractivity contribution is 5.96. The Morgan fingerprint density at radius 1 is 0.760 bits per heavy atom. The van der Waals surface area contributed by atoms with E-state index in [-0.39, 0.29) is 5.78 Å². The van der Waals surface area contributed by atoms with Gasteiger partial charge in [0.25, 0.3) is 0 Å². The fourth-order valence-corrected chi connectivity index (χ4v) is 3.42. The first-order chi connectivity index (χ1) is 12.3. The molecule has 0 bridgehead atoms. The Kier molecular flexibility index (Phi) is 6.78. The third-order valence-electron chi connectivity index (χ3n) is 5.00. The van der Waals surface area contributed by atoms with Crippen molar-refractivity contribution in [1.29, 1.82) is 0 Å². The van der Waals surface area contributed by atoms with Gasteiger partial charge in [0.2, 0.25) is 0 Å². The fraction of sp³-hybridized carbons (Fsp3) is 0.409. The van der Waals surface area contributed by atoms with Crippen LogP contribution in [0, 0.1) is 0 Å². The van der Waals surface area contributed by atoms with Crippen LogP contribution >= 0.6 is 0 Å². The highest BCUT2D eigenvalue weighted by Crippen LogP contribution is 2.09. The second kappa shape index (κ2) is 9.50. The van der Waals surface area contributed by atoms with Crippen molar-refractivity contribution in [3.8, 4) is 0 Å². The van der Waals surface area contributed by atoms with Gasteiger partial charge in [0.05, 0.1) is 0 Å². The predicted molar refractivity (Wildman–Crippen MR) is 103 cm³/mol. The second-order valence-corrected chi connectivity index (χ2v) is 6.81. The topological polar surface area (TPSA) is 23.6 Å². The number of rotatable bonds is 8. The van der Waals surface area contributed by atoms with E-state index in [0.29, 0.717) is 6.42 Å². The first-order valence-electron chi connectivity index (χ1n) is 9.38. The fourth-order valence-electron chi connectivity index (χ4n) is 3.42. The Hall–Kier alpha value is -1.97. The molecule has 0 spiro atoms. The summed E-state index contributed by atoms with van der Waals surface area (Å²) in [6, 6.07) is 20.4. The zero-order valence-electron chi connectivity index (χ0n) is 14.9. The zero-order valence-corrected chi connectivity index (χ0v) is 14.9. The second-order valence-electron chi connectivity index (χ2n) is 6.81. The number of carbonyl (C=O) groups excluding carboxylic acids is 1. The molecule has 3 heteroatoms. The van der Waals surface area contributed by atoms with E-state index in [1.807, 2.05) is 30.3 Å². The van der Waals surface area contributed by atoms with E-state index in [9.17, 15) is 4.79 Å². The Bertz CT molecular complexity index is 634.